The van der Waals surface area contributed by atoms with Crippen LogP contribution in [0.25, 0.3) is 0 Å². The van der Waals surface area contributed by atoms with Gasteiger partial charge in [0.15, 0.2) is 0 Å². The molecule has 2 rings (SSSR count). The Morgan fingerprint density at radius 3 is 2.50 bits per heavy atom. The molecule has 2 unspecified atom stereocenters. The highest BCUT2D eigenvalue weighted by molar-refractivity contribution is 4.82. The van der Waals surface area contributed by atoms with Crippen molar-refractivity contribution in [3.8, 4) is 0 Å². The highest BCUT2D eigenvalue weighted by Gasteiger charge is 2.28. The summed E-state index contributed by atoms with van der Waals surface area (Å²) in [5, 5.41) is 2.37. The zero-order valence-corrected chi connectivity index (χ0v) is 10.7. The molecule has 16 heavy (non-hydrogen) atoms. The maximum atomic E-state index is 5.38. The lowest BCUT2D eigenvalue weighted by Crippen LogP contribution is -2.53. The van der Waals surface area contributed by atoms with Gasteiger partial charge in [0.1, 0.15) is 0 Å². The van der Waals surface area contributed by atoms with Crippen molar-refractivity contribution < 1.29 is 4.74 Å². The number of hydrazine groups is 1. The molecule has 2 aliphatic rings. The molecule has 94 valence electrons. The average molecular weight is 226 g/mol. The molecule has 3 nitrogen and oxygen atoms in total. The molecule has 0 radical (unpaired) electrons. The van der Waals surface area contributed by atoms with Crippen LogP contribution < -0.4 is 5.43 Å². The van der Waals surface area contributed by atoms with E-state index in [-0.39, 0.29) is 0 Å². The number of hydrogen-bond donors (Lipinski definition) is 1. The van der Waals surface area contributed by atoms with E-state index < -0.39 is 0 Å². The zero-order valence-electron chi connectivity index (χ0n) is 10.7. The third-order valence-electron chi connectivity index (χ3n) is 4.04. The average Bonchev–Trinajstić information content (AvgIpc) is 2.31. The Morgan fingerprint density at radius 2 is 1.81 bits per heavy atom. The molecule has 0 bridgehead atoms. The van der Waals surface area contributed by atoms with Crippen molar-refractivity contribution in [3.63, 3.8) is 0 Å². The molecular weight excluding hydrogens is 200 g/mol. The van der Waals surface area contributed by atoms with E-state index >= 15 is 0 Å². The van der Waals surface area contributed by atoms with Gasteiger partial charge in [-0.05, 0) is 24.7 Å². The van der Waals surface area contributed by atoms with Crippen molar-refractivity contribution in [2.75, 3.05) is 26.3 Å². The Labute approximate surface area is 99.5 Å². The highest BCUT2D eigenvalue weighted by Crippen LogP contribution is 2.30. The van der Waals surface area contributed by atoms with E-state index in [4.69, 9.17) is 4.74 Å². The smallest absolute Gasteiger partial charge is 0.0608 e. The molecule has 0 aromatic rings. The minimum Gasteiger partial charge on any atom is -0.379 e. The van der Waals surface area contributed by atoms with Gasteiger partial charge in [-0.3, -0.25) is 5.43 Å². The number of nitrogens with zero attached hydrogens (tertiary/aromatic N) is 1. The minimum absolute atomic E-state index is 0.701. The molecule has 1 saturated carbocycles. The van der Waals surface area contributed by atoms with Crippen molar-refractivity contribution in [2.24, 2.45) is 11.8 Å². The highest BCUT2D eigenvalue weighted by atomic mass is 16.5. The summed E-state index contributed by atoms with van der Waals surface area (Å²) in [4.78, 5) is 0. The van der Waals surface area contributed by atoms with Crippen molar-refractivity contribution >= 4 is 0 Å². The molecule has 2 fully saturated rings. The SMILES string of the molecule is CC(C)C1CCCCC1NN1CCOCC1. The van der Waals surface area contributed by atoms with Crippen LogP contribution in [0.3, 0.4) is 0 Å². The topological polar surface area (TPSA) is 24.5 Å². The first-order valence-corrected chi connectivity index (χ1v) is 6.86. The molecule has 1 heterocycles. The van der Waals surface area contributed by atoms with E-state index in [2.05, 4.69) is 24.3 Å². The maximum Gasteiger partial charge on any atom is 0.0608 e. The third-order valence-corrected chi connectivity index (χ3v) is 4.04. The van der Waals surface area contributed by atoms with Crippen LogP contribution in [0.5, 0.6) is 0 Å². The summed E-state index contributed by atoms with van der Waals surface area (Å²) < 4.78 is 5.38. The molecule has 0 aromatic carbocycles. The fraction of sp³-hybridized carbons (Fsp3) is 1.00. The van der Waals surface area contributed by atoms with Crippen LogP contribution in [0, 0.1) is 11.8 Å². The fourth-order valence-electron chi connectivity index (χ4n) is 3.04. The van der Waals surface area contributed by atoms with Gasteiger partial charge in [-0.15, -0.1) is 0 Å². The summed E-state index contributed by atoms with van der Waals surface area (Å²) in [5.74, 6) is 1.66. The van der Waals surface area contributed by atoms with Crippen LogP contribution in [0.4, 0.5) is 0 Å². The van der Waals surface area contributed by atoms with E-state index in [1.807, 2.05) is 0 Å². The molecule has 3 heteroatoms. The van der Waals surface area contributed by atoms with Gasteiger partial charge in [-0.2, -0.15) is 0 Å². The summed E-state index contributed by atoms with van der Waals surface area (Å²) in [7, 11) is 0. The number of morpholine rings is 1. The molecule has 1 aliphatic heterocycles. The molecule has 0 aromatic heterocycles. The summed E-state index contributed by atoms with van der Waals surface area (Å²) in [6.07, 6.45) is 5.56. The zero-order chi connectivity index (χ0) is 11.4. The minimum atomic E-state index is 0.701. The van der Waals surface area contributed by atoms with Gasteiger partial charge in [0.25, 0.3) is 0 Å². The summed E-state index contributed by atoms with van der Waals surface area (Å²) in [6, 6.07) is 0.701. The van der Waals surface area contributed by atoms with Crippen LogP contribution in [-0.2, 0) is 4.74 Å². The van der Waals surface area contributed by atoms with E-state index in [0.717, 1.165) is 38.1 Å². The summed E-state index contributed by atoms with van der Waals surface area (Å²) >= 11 is 0. The Morgan fingerprint density at radius 1 is 1.12 bits per heavy atom. The number of nitrogens with one attached hydrogen (secondary N) is 1. The van der Waals surface area contributed by atoms with Gasteiger partial charge in [0.2, 0.25) is 0 Å². The summed E-state index contributed by atoms with van der Waals surface area (Å²) in [6.45, 7) is 8.58. The van der Waals surface area contributed by atoms with Crippen LogP contribution in [0.1, 0.15) is 39.5 Å². The molecule has 0 amide bonds. The number of ether oxygens (including phenoxy) is 1. The monoisotopic (exact) mass is 226 g/mol. The Bertz CT molecular complexity index is 202. The standard InChI is InChI=1S/C13H26N2O/c1-11(2)12-5-3-4-6-13(12)14-15-7-9-16-10-8-15/h11-14H,3-10H2,1-2H3. The van der Waals surface area contributed by atoms with Crippen LogP contribution >= 0.6 is 0 Å². The van der Waals surface area contributed by atoms with Gasteiger partial charge in [-0.1, -0.05) is 26.7 Å². The molecule has 1 N–H and O–H groups in total. The molecule has 1 saturated heterocycles. The Balaban J connectivity index is 1.85. The quantitative estimate of drug-likeness (QED) is 0.797. The van der Waals surface area contributed by atoms with Crippen molar-refractivity contribution in [2.45, 2.75) is 45.6 Å². The van der Waals surface area contributed by atoms with Crippen LogP contribution in [0.15, 0.2) is 0 Å². The predicted molar refractivity (Wildman–Crippen MR) is 66.1 cm³/mol. The van der Waals surface area contributed by atoms with E-state index in [0.29, 0.717) is 6.04 Å². The van der Waals surface area contributed by atoms with E-state index in [1.54, 1.807) is 0 Å². The molecule has 0 spiro atoms. The van der Waals surface area contributed by atoms with Gasteiger partial charge in [0.05, 0.1) is 13.2 Å². The maximum absolute atomic E-state index is 5.38. The first kappa shape index (κ1) is 12.3. The lowest BCUT2D eigenvalue weighted by molar-refractivity contribution is -0.00979. The second-order valence-corrected chi connectivity index (χ2v) is 5.53. The van der Waals surface area contributed by atoms with Gasteiger partial charge in [0, 0.05) is 19.1 Å². The first-order valence-electron chi connectivity index (χ1n) is 6.86. The normalized spacial score (nSPS) is 33.2. The molecule has 2 atom stereocenters. The largest absolute Gasteiger partial charge is 0.379 e. The fourth-order valence-corrected chi connectivity index (χ4v) is 3.04. The predicted octanol–water partition coefficient (Wildman–Crippen LogP) is 2.04. The van der Waals surface area contributed by atoms with Crippen LogP contribution in [-0.4, -0.2) is 37.4 Å². The second-order valence-electron chi connectivity index (χ2n) is 5.53. The third kappa shape index (κ3) is 3.19. The molecule has 1 aliphatic carbocycles. The first-order chi connectivity index (χ1) is 7.77. The van der Waals surface area contributed by atoms with E-state index in [1.165, 1.54) is 25.7 Å². The van der Waals surface area contributed by atoms with Crippen molar-refractivity contribution in [1.29, 1.82) is 0 Å². The van der Waals surface area contributed by atoms with Crippen molar-refractivity contribution in [3.05, 3.63) is 0 Å². The molecular formula is C13H26N2O. The lowest BCUT2D eigenvalue weighted by Gasteiger charge is -2.39. The Hall–Kier alpha value is -0.120. The number of rotatable bonds is 3. The van der Waals surface area contributed by atoms with E-state index in [9.17, 15) is 0 Å². The van der Waals surface area contributed by atoms with Gasteiger partial charge in [-0.25, -0.2) is 5.01 Å². The lowest BCUT2D eigenvalue weighted by atomic mass is 9.78. The Kier molecular flexibility index (Phi) is 4.62. The van der Waals surface area contributed by atoms with Gasteiger partial charge >= 0.3 is 0 Å². The van der Waals surface area contributed by atoms with Crippen molar-refractivity contribution in [1.82, 2.24) is 10.4 Å². The number of hydrogen-bond acceptors (Lipinski definition) is 3. The second kappa shape index (κ2) is 5.99. The summed E-state index contributed by atoms with van der Waals surface area (Å²) in [5.41, 5.74) is 3.74. The van der Waals surface area contributed by atoms with Gasteiger partial charge < -0.3 is 4.74 Å². The van der Waals surface area contributed by atoms with Crippen LogP contribution in [0.2, 0.25) is 0 Å².